The molecule has 0 radical (unpaired) electrons. The van der Waals surface area contributed by atoms with Gasteiger partial charge in [0, 0.05) is 41.3 Å². The van der Waals surface area contributed by atoms with E-state index in [1.165, 1.54) is 11.0 Å². The van der Waals surface area contributed by atoms with Crippen molar-refractivity contribution in [3.8, 4) is 0 Å². The number of likely N-dealkylation sites (N-methyl/N-ethyl adjacent to an activating group) is 2. The van der Waals surface area contributed by atoms with Crippen LogP contribution in [0.15, 0.2) is 18.2 Å². The summed E-state index contributed by atoms with van der Waals surface area (Å²) in [6, 6.07) is 5.05. The van der Waals surface area contributed by atoms with Gasteiger partial charge < -0.3 is 19.9 Å². The number of hydrogen-bond donors (Lipinski definition) is 1. The lowest BCUT2D eigenvalue weighted by Gasteiger charge is -2.21. The standard InChI is InChI=1S/C15H24FN3O2/c1-18(2)15(20)11-19(3)14-6-5-12(9-13(14)16)10-17-7-8-21-4/h5-6,9,17H,7-8,10-11H2,1-4H3. The van der Waals surface area contributed by atoms with Crippen molar-refractivity contribution < 1.29 is 13.9 Å². The van der Waals surface area contributed by atoms with Crippen molar-refractivity contribution in [2.24, 2.45) is 0 Å². The summed E-state index contributed by atoms with van der Waals surface area (Å²) >= 11 is 0. The fourth-order valence-corrected chi connectivity index (χ4v) is 1.81. The number of methoxy groups -OCH3 is 1. The van der Waals surface area contributed by atoms with Crippen molar-refractivity contribution in [3.63, 3.8) is 0 Å². The third-order valence-corrected chi connectivity index (χ3v) is 3.11. The number of nitrogens with one attached hydrogen (secondary N) is 1. The molecule has 118 valence electrons. The Hall–Kier alpha value is -1.66. The first-order valence-corrected chi connectivity index (χ1v) is 6.85. The third-order valence-electron chi connectivity index (χ3n) is 3.11. The van der Waals surface area contributed by atoms with E-state index in [0.717, 1.165) is 12.1 Å². The lowest BCUT2D eigenvalue weighted by molar-refractivity contribution is -0.127. The van der Waals surface area contributed by atoms with Crippen molar-refractivity contribution in [1.29, 1.82) is 0 Å². The molecule has 0 spiro atoms. The molecule has 0 aliphatic heterocycles. The molecule has 6 heteroatoms. The molecule has 1 N–H and O–H groups in total. The Bertz CT molecular complexity index is 466. The first kappa shape index (κ1) is 17.4. The number of halogens is 1. The SMILES string of the molecule is COCCNCc1ccc(N(C)CC(=O)N(C)C)c(F)c1. The maximum absolute atomic E-state index is 14.1. The molecule has 5 nitrogen and oxygen atoms in total. The molecule has 0 aromatic heterocycles. The molecule has 0 saturated carbocycles. The largest absolute Gasteiger partial charge is 0.383 e. The average molecular weight is 297 g/mol. The molecular weight excluding hydrogens is 273 g/mol. The number of benzene rings is 1. The van der Waals surface area contributed by atoms with Gasteiger partial charge in [0.05, 0.1) is 18.8 Å². The van der Waals surface area contributed by atoms with Crippen LogP contribution in [-0.2, 0) is 16.1 Å². The summed E-state index contributed by atoms with van der Waals surface area (Å²) in [5.41, 5.74) is 1.28. The zero-order chi connectivity index (χ0) is 15.8. The zero-order valence-electron chi connectivity index (χ0n) is 13.1. The Morgan fingerprint density at radius 1 is 1.33 bits per heavy atom. The van der Waals surface area contributed by atoms with Gasteiger partial charge in [-0.05, 0) is 17.7 Å². The van der Waals surface area contributed by atoms with Crippen LogP contribution >= 0.6 is 0 Å². The lowest BCUT2D eigenvalue weighted by Crippen LogP contribution is -2.34. The predicted octanol–water partition coefficient (Wildman–Crippen LogP) is 1.09. The number of carbonyl (C=O) groups is 1. The smallest absolute Gasteiger partial charge is 0.241 e. The van der Waals surface area contributed by atoms with Crippen LogP contribution in [0.3, 0.4) is 0 Å². The molecule has 0 aliphatic carbocycles. The zero-order valence-corrected chi connectivity index (χ0v) is 13.1. The number of hydrogen-bond acceptors (Lipinski definition) is 4. The van der Waals surface area contributed by atoms with E-state index in [1.54, 1.807) is 39.2 Å². The lowest BCUT2D eigenvalue weighted by atomic mass is 10.2. The van der Waals surface area contributed by atoms with Gasteiger partial charge in [-0.3, -0.25) is 4.79 Å². The summed E-state index contributed by atoms with van der Waals surface area (Å²) in [5, 5.41) is 3.16. The Labute approximate surface area is 125 Å². The molecule has 0 saturated heterocycles. The van der Waals surface area contributed by atoms with Gasteiger partial charge in [0.15, 0.2) is 0 Å². The van der Waals surface area contributed by atoms with E-state index in [9.17, 15) is 9.18 Å². The highest BCUT2D eigenvalue weighted by Crippen LogP contribution is 2.19. The maximum atomic E-state index is 14.1. The quantitative estimate of drug-likeness (QED) is 0.730. The fraction of sp³-hybridized carbons (Fsp3) is 0.533. The van der Waals surface area contributed by atoms with Crippen LogP contribution in [0.25, 0.3) is 0 Å². The van der Waals surface area contributed by atoms with Gasteiger partial charge in [-0.1, -0.05) is 6.07 Å². The summed E-state index contributed by atoms with van der Waals surface area (Å²) in [4.78, 5) is 14.7. The molecule has 0 fully saturated rings. The fourth-order valence-electron chi connectivity index (χ4n) is 1.81. The maximum Gasteiger partial charge on any atom is 0.241 e. The average Bonchev–Trinajstić information content (AvgIpc) is 2.43. The molecule has 1 amide bonds. The van der Waals surface area contributed by atoms with Crippen molar-refractivity contribution in [1.82, 2.24) is 10.2 Å². The minimum absolute atomic E-state index is 0.0674. The summed E-state index contributed by atoms with van der Waals surface area (Å²) in [6.45, 7) is 2.07. The molecule has 0 bridgehead atoms. The van der Waals surface area contributed by atoms with E-state index in [2.05, 4.69) is 5.32 Å². The van der Waals surface area contributed by atoms with Crippen LogP contribution in [0.2, 0.25) is 0 Å². The van der Waals surface area contributed by atoms with Gasteiger partial charge in [0.1, 0.15) is 5.82 Å². The van der Waals surface area contributed by atoms with Crippen LogP contribution in [0.5, 0.6) is 0 Å². The second-order valence-corrected chi connectivity index (χ2v) is 5.10. The Morgan fingerprint density at radius 3 is 2.62 bits per heavy atom. The van der Waals surface area contributed by atoms with E-state index < -0.39 is 0 Å². The van der Waals surface area contributed by atoms with E-state index in [-0.39, 0.29) is 18.3 Å². The minimum atomic E-state index is -0.324. The molecule has 0 heterocycles. The van der Waals surface area contributed by atoms with Gasteiger partial charge in [-0.15, -0.1) is 0 Å². The van der Waals surface area contributed by atoms with Crippen molar-refractivity contribution >= 4 is 11.6 Å². The first-order valence-electron chi connectivity index (χ1n) is 6.85. The van der Waals surface area contributed by atoms with Gasteiger partial charge >= 0.3 is 0 Å². The number of ether oxygens (including phenoxy) is 1. The molecule has 1 aromatic rings. The van der Waals surface area contributed by atoms with Crippen LogP contribution in [-0.4, -0.2) is 58.8 Å². The highest BCUT2D eigenvalue weighted by molar-refractivity contribution is 5.80. The van der Waals surface area contributed by atoms with Crippen LogP contribution in [0.4, 0.5) is 10.1 Å². The van der Waals surface area contributed by atoms with Crippen molar-refractivity contribution in [3.05, 3.63) is 29.6 Å². The number of rotatable bonds is 8. The van der Waals surface area contributed by atoms with Crippen LogP contribution in [0, 0.1) is 5.82 Å². The summed E-state index contributed by atoms with van der Waals surface area (Å²) in [6.07, 6.45) is 0. The highest BCUT2D eigenvalue weighted by atomic mass is 19.1. The Morgan fingerprint density at radius 2 is 2.05 bits per heavy atom. The number of carbonyl (C=O) groups excluding carboxylic acids is 1. The highest BCUT2D eigenvalue weighted by Gasteiger charge is 2.13. The topological polar surface area (TPSA) is 44.8 Å². The predicted molar refractivity (Wildman–Crippen MR) is 81.9 cm³/mol. The normalized spacial score (nSPS) is 10.5. The number of amides is 1. The molecule has 21 heavy (non-hydrogen) atoms. The van der Waals surface area contributed by atoms with Crippen molar-refractivity contribution in [2.75, 3.05) is 52.8 Å². The van der Waals surface area contributed by atoms with Gasteiger partial charge in [-0.2, -0.15) is 0 Å². The second kappa shape index (κ2) is 8.59. The number of anilines is 1. The van der Waals surface area contributed by atoms with E-state index in [1.807, 2.05) is 6.07 Å². The molecule has 0 atom stereocenters. The first-order chi connectivity index (χ1) is 9.95. The molecule has 1 aromatic carbocycles. The third kappa shape index (κ3) is 5.69. The minimum Gasteiger partial charge on any atom is -0.383 e. The van der Waals surface area contributed by atoms with Crippen LogP contribution in [0.1, 0.15) is 5.56 Å². The molecule has 0 unspecified atom stereocenters. The van der Waals surface area contributed by atoms with Crippen molar-refractivity contribution in [2.45, 2.75) is 6.54 Å². The summed E-state index contributed by atoms with van der Waals surface area (Å²) in [5.74, 6) is -0.391. The van der Waals surface area contributed by atoms with E-state index >= 15 is 0 Å². The molecule has 1 rings (SSSR count). The summed E-state index contributed by atoms with van der Waals surface area (Å²) < 4.78 is 19.0. The van der Waals surface area contributed by atoms with E-state index in [4.69, 9.17) is 4.74 Å². The molecular formula is C15H24FN3O2. The number of nitrogens with zero attached hydrogens (tertiary/aromatic N) is 2. The monoisotopic (exact) mass is 297 g/mol. The molecule has 0 aliphatic rings. The van der Waals surface area contributed by atoms with Gasteiger partial charge in [0.25, 0.3) is 0 Å². The Balaban J connectivity index is 2.62. The second-order valence-electron chi connectivity index (χ2n) is 5.10. The van der Waals surface area contributed by atoms with E-state index in [0.29, 0.717) is 18.8 Å². The van der Waals surface area contributed by atoms with Crippen LogP contribution < -0.4 is 10.2 Å². The van der Waals surface area contributed by atoms with Gasteiger partial charge in [-0.25, -0.2) is 4.39 Å². The summed E-state index contributed by atoms with van der Waals surface area (Å²) in [7, 11) is 6.71. The Kier molecular flexibility index (Phi) is 7.11. The van der Waals surface area contributed by atoms with Gasteiger partial charge in [0.2, 0.25) is 5.91 Å².